The fourth-order valence-corrected chi connectivity index (χ4v) is 8.62. The Morgan fingerprint density at radius 1 is 0.609 bits per heavy atom. The first-order chi connectivity index (χ1) is 22.0. The summed E-state index contributed by atoms with van der Waals surface area (Å²) < 4.78 is 5.58. The molecule has 46 heavy (non-hydrogen) atoms. The van der Waals surface area contributed by atoms with E-state index in [4.69, 9.17) is 4.74 Å². The minimum atomic E-state index is 0. The molecule has 8 unspecified atom stereocenters. The molecule has 0 amide bonds. The van der Waals surface area contributed by atoms with Gasteiger partial charge in [0.1, 0.15) is 18.1 Å². The highest BCUT2D eigenvalue weighted by Gasteiger charge is 2.36. The van der Waals surface area contributed by atoms with Gasteiger partial charge in [-0.1, -0.05) is 78.5 Å². The van der Waals surface area contributed by atoms with Crippen molar-refractivity contribution in [2.45, 2.75) is 96.3 Å². The average Bonchev–Trinajstić information content (AvgIpc) is 3.10. The van der Waals surface area contributed by atoms with Crippen LogP contribution in [-0.4, -0.2) is 17.0 Å². The van der Waals surface area contributed by atoms with Crippen molar-refractivity contribution >= 4 is 15.9 Å². The van der Waals surface area contributed by atoms with E-state index in [-0.39, 0.29) is 7.43 Å². The number of hydrogen-bond donors (Lipinski definition) is 1. The SMILES string of the molecule is C.C=CC1CCC2CC(c3ccc(O)cc3)CCC2C1.C=CCBr.C=CCOc1ccc(C2CCC3CC(C=C)CCC3C2)cc1. The van der Waals surface area contributed by atoms with Crippen molar-refractivity contribution in [3.63, 3.8) is 0 Å². The van der Waals surface area contributed by atoms with Gasteiger partial charge in [0.2, 0.25) is 0 Å². The second-order valence-electron chi connectivity index (χ2n) is 13.9. The van der Waals surface area contributed by atoms with E-state index >= 15 is 0 Å². The lowest BCUT2D eigenvalue weighted by Crippen LogP contribution is -2.29. The monoisotopic (exact) mass is 688 g/mol. The van der Waals surface area contributed by atoms with Crippen LogP contribution in [0.15, 0.2) is 99.2 Å². The highest BCUT2D eigenvalue weighted by atomic mass is 79.9. The Balaban J connectivity index is 0.000000222. The molecule has 4 aliphatic rings. The van der Waals surface area contributed by atoms with Crippen LogP contribution < -0.4 is 4.74 Å². The fraction of sp³-hybridized carbons (Fsp3) is 0.535. The van der Waals surface area contributed by atoms with Gasteiger partial charge in [0.05, 0.1) is 0 Å². The molecule has 3 heteroatoms. The predicted octanol–water partition coefficient (Wildman–Crippen LogP) is 12.8. The zero-order valence-electron chi connectivity index (χ0n) is 27.5. The van der Waals surface area contributed by atoms with E-state index in [0.29, 0.717) is 18.3 Å². The summed E-state index contributed by atoms with van der Waals surface area (Å²) in [5.74, 6) is 8.07. The molecule has 4 saturated carbocycles. The molecule has 0 spiro atoms. The summed E-state index contributed by atoms with van der Waals surface area (Å²) in [6.07, 6.45) is 24.3. The number of phenolic OH excluding ortho intramolecular Hbond substituents is 1. The molecule has 1 N–H and O–H groups in total. The molecule has 0 aliphatic heterocycles. The Labute approximate surface area is 290 Å². The van der Waals surface area contributed by atoms with E-state index in [1.54, 1.807) is 12.2 Å². The van der Waals surface area contributed by atoms with Gasteiger partial charge in [-0.3, -0.25) is 0 Å². The standard InChI is InChI=1S/C21H28O.C18H24O.C3H5Br.CH4/c1-3-13-22-21-11-9-17(10-12-21)19-8-7-18-14-16(4-2)5-6-20(18)15-19;1-2-13-3-4-17-12-16(6-5-15(17)11-13)14-7-9-18(19)10-8-14;1-2-3-4;/h3-4,9-12,16,18-20H,1-2,5-8,13-15H2;2,7-10,13,15-17,19H,1,3-6,11-12H2;2H,1,3H2;1H4. The van der Waals surface area contributed by atoms with E-state index < -0.39 is 0 Å². The topological polar surface area (TPSA) is 29.5 Å². The van der Waals surface area contributed by atoms with Crippen LogP contribution >= 0.6 is 15.9 Å². The quantitative estimate of drug-likeness (QED) is 0.221. The van der Waals surface area contributed by atoms with Crippen LogP contribution in [0.1, 0.15) is 107 Å². The fourth-order valence-electron chi connectivity index (χ4n) is 8.62. The first kappa shape index (κ1) is 37.9. The Hall–Kier alpha value is -2.52. The molecule has 2 nitrogen and oxygen atoms in total. The smallest absolute Gasteiger partial charge is 0.119 e. The van der Waals surface area contributed by atoms with Gasteiger partial charge in [0, 0.05) is 5.33 Å². The van der Waals surface area contributed by atoms with Crippen LogP contribution in [0.5, 0.6) is 11.5 Å². The number of allylic oxidation sites excluding steroid dienone is 3. The summed E-state index contributed by atoms with van der Waals surface area (Å²) in [5, 5.41) is 10.3. The van der Waals surface area contributed by atoms with Crippen LogP contribution in [-0.2, 0) is 0 Å². The molecule has 0 radical (unpaired) electrons. The van der Waals surface area contributed by atoms with Crippen LogP contribution in [0.25, 0.3) is 0 Å². The Bertz CT molecular complexity index is 1180. The molecular formula is C43H61BrO2. The van der Waals surface area contributed by atoms with E-state index in [1.807, 2.05) is 12.1 Å². The minimum absolute atomic E-state index is 0. The highest BCUT2D eigenvalue weighted by Crippen LogP contribution is 2.49. The summed E-state index contributed by atoms with van der Waals surface area (Å²) in [6, 6.07) is 16.6. The van der Waals surface area contributed by atoms with Gasteiger partial charge in [-0.2, -0.15) is 0 Å². The van der Waals surface area contributed by atoms with Crippen molar-refractivity contribution in [1.29, 1.82) is 0 Å². The molecule has 0 aromatic heterocycles. The maximum Gasteiger partial charge on any atom is 0.119 e. The lowest BCUT2D eigenvalue weighted by Gasteiger charge is -2.41. The van der Waals surface area contributed by atoms with Crippen LogP contribution in [0.4, 0.5) is 0 Å². The molecule has 2 aromatic carbocycles. The third-order valence-corrected chi connectivity index (χ3v) is 11.6. The van der Waals surface area contributed by atoms with Gasteiger partial charge >= 0.3 is 0 Å². The van der Waals surface area contributed by atoms with Gasteiger partial charge < -0.3 is 9.84 Å². The number of hydrogen-bond acceptors (Lipinski definition) is 2. The molecule has 252 valence electrons. The van der Waals surface area contributed by atoms with E-state index in [1.165, 1.54) is 88.2 Å². The first-order valence-electron chi connectivity index (χ1n) is 17.5. The summed E-state index contributed by atoms with van der Waals surface area (Å²) in [7, 11) is 0. The maximum absolute atomic E-state index is 9.39. The predicted molar refractivity (Wildman–Crippen MR) is 203 cm³/mol. The summed E-state index contributed by atoms with van der Waals surface area (Å²) in [5.41, 5.74) is 2.91. The van der Waals surface area contributed by atoms with Crippen molar-refractivity contribution < 1.29 is 9.84 Å². The molecular weight excluding hydrogens is 628 g/mol. The van der Waals surface area contributed by atoms with Gasteiger partial charge in [0.15, 0.2) is 0 Å². The highest BCUT2D eigenvalue weighted by molar-refractivity contribution is 9.09. The van der Waals surface area contributed by atoms with Gasteiger partial charge in [0.25, 0.3) is 0 Å². The number of halogens is 1. The Morgan fingerprint density at radius 3 is 1.43 bits per heavy atom. The zero-order chi connectivity index (χ0) is 32.0. The molecule has 0 heterocycles. The van der Waals surface area contributed by atoms with E-state index in [2.05, 4.69) is 90.8 Å². The summed E-state index contributed by atoms with van der Waals surface area (Å²) in [6.45, 7) is 15.7. The molecule has 2 aromatic rings. The van der Waals surface area contributed by atoms with Crippen molar-refractivity contribution in [2.75, 3.05) is 11.9 Å². The third kappa shape index (κ3) is 11.0. The minimum Gasteiger partial charge on any atom is -0.508 e. The van der Waals surface area contributed by atoms with Crippen LogP contribution in [0.3, 0.4) is 0 Å². The van der Waals surface area contributed by atoms with Crippen molar-refractivity contribution in [1.82, 2.24) is 0 Å². The summed E-state index contributed by atoms with van der Waals surface area (Å²) in [4.78, 5) is 0. The number of aromatic hydroxyl groups is 1. The third-order valence-electron chi connectivity index (χ3n) is 11.2. The number of alkyl halides is 1. The lowest BCUT2D eigenvalue weighted by molar-refractivity contribution is 0.133. The number of fused-ring (bicyclic) bond motifs is 2. The molecule has 4 fully saturated rings. The Kier molecular flexibility index (Phi) is 16.5. The van der Waals surface area contributed by atoms with E-state index in [9.17, 15) is 5.11 Å². The van der Waals surface area contributed by atoms with Crippen LogP contribution in [0, 0.1) is 35.5 Å². The largest absolute Gasteiger partial charge is 0.508 e. The number of benzene rings is 2. The second-order valence-corrected chi connectivity index (χ2v) is 14.5. The summed E-state index contributed by atoms with van der Waals surface area (Å²) >= 11 is 3.13. The molecule has 0 saturated heterocycles. The average molecular weight is 690 g/mol. The molecule has 0 bridgehead atoms. The number of rotatable bonds is 8. The zero-order valence-corrected chi connectivity index (χ0v) is 29.1. The van der Waals surface area contributed by atoms with Crippen molar-refractivity contribution in [3.05, 3.63) is 110 Å². The van der Waals surface area contributed by atoms with Crippen molar-refractivity contribution in [2.24, 2.45) is 35.5 Å². The van der Waals surface area contributed by atoms with E-state index in [0.717, 1.165) is 52.5 Å². The van der Waals surface area contributed by atoms with Gasteiger partial charge in [-0.05, 0) is 160 Å². The Morgan fingerprint density at radius 2 is 1.02 bits per heavy atom. The number of ether oxygens (including phenoxy) is 1. The molecule has 8 atom stereocenters. The first-order valence-corrected chi connectivity index (χ1v) is 18.6. The van der Waals surface area contributed by atoms with Gasteiger partial charge in [-0.25, -0.2) is 0 Å². The molecule has 6 rings (SSSR count). The molecule has 4 aliphatic carbocycles. The lowest BCUT2D eigenvalue weighted by atomic mass is 9.64. The van der Waals surface area contributed by atoms with Crippen LogP contribution in [0.2, 0.25) is 0 Å². The normalized spacial score (nSPS) is 29.7. The maximum atomic E-state index is 9.39. The second kappa shape index (κ2) is 20.0. The number of phenols is 1. The van der Waals surface area contributed by atoms with Gasteiger partial charge in [-0.15, -0.1) is 19.7 Å². The van der Waals surface area contributed by atoms with Crippen molar-refractivity contribution in [3.8, 4) is 11.5 Å².